The summed E-state index contributed by atoms with van der Waals surface area (Å²) in [6.07, 6.45) is 10.8. The molecule has 4 N–H and O–H groups in total. The van der Waals surface area contributed by atoms with E-state index in [1.165, 1.54) is 17.7 Å². The number of fused-ring (bicyclic) bond motifs is 3. The Morgan fingerprint density at radius 3 is 2.39 bits per heavy atom. The molecular weight excluding hydrogens is 1170 g/mol. The molecule has 3 aromatic carbocycles. The molecule has 5 aliphatic heterocycles. The maximum absolute atomic E-state index is 14.9. The summed E-state index contributed by atoms with van der Waals surface area (Å²) in [5.41, 5.74) is 4.24. The Morgan fingerprint density at radius 2 is 1.62 bits per heavy atom. The molecule has 7 aliphatic rings. The largest absolute Gasteiger partial charge is 0.491 e. The number of para-hydroxylation sites is 1. The number of sulfonamides is 1. The molecule has 13 rings (SSSR count). The normalized spacial score (nSPS) is 24.1. The maximum Gasteiger partial charge on any atom is 0.293 e. The Labute approximate surface area is 526 Å². The number of piperidine rings is 1. The van der Waals surface area contributed by atoms with Gasteiger partial charge in [0, 0.05) is 107 Å². The minimum absolute atomic E-state index is 0.00595. The van der Waals surface area contributed by atoms with Gasteiger partial charge >= 0.3 is 0 Å². The van der Waals surface area contributed by atoms with Crippen molar-refractivity contribution in [2.24, 2.45) is 11.3 Å². The van der Waals surface area contributed by atoms with Crippen molar-refractivity contribution in [2.75, 3.05) is 98.8 Å². The van der Waals surface area contributed by atoms with Gasteiger partial charge in [0.2, 0.25) is 5.88 Å². The Balaban J connectivity index is 0.744. The quantitative estimate of drug-likeness (QED) is 0.0462. The Hall–Kier alpha value is -7.28. The number of rotatable bonds is 18. The smallest absolute Gasteiger partial charge is 0.293 e. The summed E-state index contributed by atoms with van der Waals surface area (Å²) in [5.74, 6) is 2.26. The van der Waals surface area contributed by atoms with Crippen molar-refractivity contribution in [1.29, 1.82) is 0 Å². The number of ether oxygens (including phenoxy) is 5. The zero-order chi connectivity index (χ0) is 62.5. The number of anilines is 5. The second kappa shape index (κ2) is 25.4. The lowest BCUT2D eigenvalue weighted by atomic mass is 9.59. The fraction of sp³-hybridized carbons (Fsp3) is 0.537. The first-order chi connectivity index (χ1) is 43.3. The zero-order valence-electron chi connectivity index (χ0n) is 52.3. The van der Waals surface area contributed by atoms with Crippen LogP contribution in [0.5, 0.6) is 17.4 Å². The molecule has 3 aromatic heterocycles. The van der Waals surface area contributed by atoms with Gasteiger partial charge in [0.25, 0.3) is 21.6 Å². The zero-order valence-corrected chi connectivity index (χ0v) is 53.1. The van der Waals surface area contributed by atoms with Gasteiger partial charge in [-0.2, -0.15) is 4.98 Å². The van der Waals surface area contributed by atoms with Crippen LogP contribution in [0.2, 0.25) is 0 Å². The van der Waals surface area contributed by atoms with E-state index >= 15 is 0 Å². The van der Waals surface area contributed by atoms with Crippen LogP contribution in [0.4, 0.5) is 34.3 Å². The number of pyridine rings is 2. The summed E-state index contributed by atoms with van der Waals surface area (Å²) < 4.78 is 62.1. The molecule has 8 heterocycles. The molecule has 2 saturated carbocycles. The minimum Gasteiger partial charge on any atom is -0.491 e. The molecule has 4 saturated heterocycles. The Bertz CT molecular complexity index is 3700. The molecule has 0 radical (unpaired) electrons. The lowest BCUT2D eigenvalue weighted by Gasteiger charge is -2.58. The fourth-order valence-electron chi connectivity index (χ4n) is 14.9. The SMILES string of the molecule is CC(C)Oc1ccccc1[C@H]1CN(Cc2cnc(N3CCOCC3)c(OC(C)C)c2)CCN1C1CC2(CCN(c3ccc(C(=O)NS(=O)(=O)c4ccc(NC[C@H]5CC[C@](C)(O)CC5)c([N+](=O)[O-])c4)c(N4c5cc6cc[nH]c6nc5O[C@H]5COCC[C@@H]54)c3)CC2)C1. The van der Waals surface area contributed by atoms with Gasteiger partial charge in [0.15, 0.2) is 11.6 Å². The third-order valence-electron chi connectivity index (χ3n) is 19.7. The summed E-state index contributed by atoms with van der Waals surface area (Å²) in [6.45, 7) is 19.1. The maximum atomic E-state index is 14.9. The number of nitro groups is 1. The molecule has 480 valence electrons. The van der Waals surface area contributed by atoms with E-state index in [9.17, 15) is 28.4 Å². The van der Waals surface area contributed by atoms with Crippen molar-refractivity contribution in [3.8, 4) is 17.4 Å². The van der Waals surface area contributed by atoms with Gasteiger partial charge in [-0.25, -0.2) is 18.1 Å². The number of H-pyrrole nitrogens is 1. The van der Waals surface area contributed by atoms with Crippen LogP contribution in [0.15, 0.2) is 96.2 Å². The number of aliphatic hydroxyl groups is 1. The van der Waals surface area contributed by atoms with Crippen molar-refractivity contribution < 1.29 is 46.9 Å². The second-order valence-corrected chi connectivity index (χ2v) is 28.4. The van der Waals surface area contributed by atoms with E-state index < -0.39 is 43.1 Å². The number of nitrogens with one attached hydrogen (secondary N) is 3. The Kier molecular flexibility index (Phi) is 17.4. The van der Waals surface area contributed by atoms with E-state index in [1.54, 1.807) is 6.07 Å². The number of carbonyl (C=O) groups is 1. The predicted octanol–water partition coefficient (Wildman–Crippen LogP) is 9.75. The first-order valence-corrected chi connectivity index (χ1v) is 33.8. The molecule has 6 fully saturated rings. The van der Waals surface area contributed by atoms with Crippen LogP contribution in [0.1, 0.15) is 120 Å². The lowest BCUT2D eigenvalue weighted by Crippen LogP contribution is -2.59. The molecule has 2 aliphatic carbocycles. The molecule has 90 heavy (non-hydrogen) atoms. The number of nitro benzene ring substituents is 1. The molecule has 0 bridgehead atoms. The van der Waals surface area contributed by atoms with Crippen LogP contribution >= 0.6 is 0 Å². The number of hydrogen-bond donors (Lipinski definition) is 4. The fourth-order valence-corrected chi connectivity index (χ4v) is 15.8. The number of carbonyl (C=O) groups excluding carboxylic acids is 1. The van der Waals surface area contributed by atoms with Crippen molar-refractivity contribution in [2.45, 2.75) is 146 Å². The monoisotopic (exact) mass is 1250 g/mol. The topological polar surface area (TPSA) is 243 Å². The van der Waals surface area contributed by atoms with Gasteiger partial charge in [0.1, 0.15) is 28.9 Å². The third kappa shape index (κ3) is 13.0. The molecule has 23 heteroatoms. The predicted molar refractivity (Wildman–Crippen MR) is 344 cm³/mol. The van der Waals surface area contributed by atoms with Gasteiger partial charge in [-0.3, -0.25) is 24.7 Å². The van der Waals surface area contributed by atoms with Crippen molar-refractivity contribution in [3.63, 3.8) is 0 Å². The number of benzene rings is 3. The van der Waals surface area contributed by atoms with Crippen molar-refractivity contribution in [1.82, 2.24) is 29.5 Å². The van der Waals surface area contributed by atoms with E-state index in [4.69, 9.17) is 33.7 Å². The molecule has 1 spiro atoms. The van der Waals surface area contributed by atoms with Gasteiger partial charge in [-0.05, 0) is 164 Å². The number of piperazine rings is 1. The average Bonchev–Trinajstić information content (AvgIpc) is 0.957. The van der Waals surface area contributed by atoms with E-state index in [1.807, 2.05) is 43.6 Å². The van der Waals surface area contributed by atoms with Crippen LogP contribution in [-0.4, -0.2) is 164 Å². The van der Waals surface area contributed by atoms with E-state index in [2.05, 4.69) is 97.5 Å². The summed E-state index contributed by atoms with van der Waals surface area (Å²) in [7, 11) is -4.66. The number of nitrogens with zero attached hydrogens (tertiary/aromatic N) is 8. The summed E-state index contributed by atoms with van der Waals surface area (Å²) in [4.78, 5) is 51.5. The number of morpholine rings is 1. The van der Waals surface area contributed by atoms with Gasteiger partial charge in [0.05, 0.1) is 70.8 Å². The summed E-state index contributed by atoms with van der Waals surface area (Å²) >= 11 is 0. The number of hydrogen-bond acceptors (Lipinski definition) is 19. The first-order valence-electron chi connectivity index (χ1n) is 32.3. The molecule has 1 amide bonds. The molecule has 6 aromatic rings. The summed E-state index contributed by atoms with van der Waals surface area (Å²) in [5, 5.41) is 26.9. The second-order valence-electron chi connectivity index (χ2n) is 26.8. The van der Waals surface area contributed by atoms with E-state index in [0.29, 0.717) is 74.6 Å². The van der Waals surface area contributed by atoms with Crippen molar-refractivity contribution >= 4 is 61.2 Å². The van der Waals surface area contributed by atoms with Gasteiger partial charge in [-0.15, -0.1) is 0 Å². The highest BCUT2D eigenvalue weighted by molar-refractivity contribution is 7.90. The van der Waals surface area contributed by atoms with E-state index in [-0.39, 0.29) is 53.5 Å². The van der Waals surface area contributed by atoms with Crippen LogP contribution in [0.3, 0.4) is 0 Å². The van der Waals surface area contributed by atoms with Crippen LogP contribution < -0.4 is 38.9 Å². The molecule has 3 atom stereocenters. The minimum atomic E-state index is -4.66. The molecule has 0 unspecified atom stereocenters. The molecule has 22 nitrogen and oxygen atoms in total. The Morgan fingerprint density at radius 1 is 0.856 bits per heavy atom. The summed E-state index contributed by atoms with van der Waals surface area (Å²) in [6, 6.07) is 24.1. The van der Waals surface area contributed by atoms with Crippen LogP contribution in [0, 0.1) is 21.4 Å². The number of aromatic nitrogens is 3. The van der Waals surface area contributed by atoms with Gasteiger partial charge < -0.3 is 53.8 Å². The lowest BCUT2D eigenvalue weighted by molar-refractivity contribution is -0.384. The van der Waals surface area contributed by atoms with Crippen LogP contribution in [0.25, 0.3) is 11.0 Å². The highest BCUT2D eigenvalue weighted by Gasteiger charge is 2.51. The highest BCUT2D eigenvalue weighted by Crippen LogP contribution is 2.54. The number of aromatic amines is 1. The van der Waals surface area contributed by atoms with E-state index in [0.717, 1.165) is 131 Å². The molecular formula is C67H85N11O11S. The average molecular weight is 1250 g/mol. The number of amides is 1. The third-order valence-corrected chi connectivity index (χ3v) is 21.0. The van der Waals surface area contributed by atoms with Crippen molar-refractivity contribution in [3.05, 3.63) is 118 Å². The highest BCUT2D eigenvalue weighted by atomic mass is 32.2. The van der Waals surface area contributed by atoms with Gasteiger partial charge in [-0.1, -0.05) is 18.2 Å². The standard InChI is InChI=1S/C67H85N11O11S/c1-43(2)87-59-9-7-6-8-51(59)58-41-73(40-46-32-60(88-44(3)4)63(70-39-46)75-27-30-85-31-28-75)25-26-76(58)49-36-67(37-49)20-23-74(24-21-67)48-10-12-52(55(34-48)77-54-17-29-86-42-61(54)89-65-57(77)33-47-16-22-68-62(47)71-65)64(79)72-90(83,84)50-11-13-53(56(35-50)78(81)82)69-38-45-14-18-66(5,80)19-15-45/h6-13,16,22,32-35,39,43-45,49,54,58,61,69,80H,14-15,17-21,23-31,36-38,40-42H2,1-5H3,(H,68,71)(H,72,79)/t45-,54-,58+,61-,66-/m0/s1. The first kappa shape index (κ1) is 61.6. The van der Waals surface area contributed by atoms with Crippen LogP contribution in [-0.2, 0) is 26.0 Å².